The first-order chi connectivity index (χ1) is 12.1. The summed E-state index contributed by atoms with van der Waals surface area (Å²) in [5.74, 6) is 1.60. The molecule has 0 saturated carbocycles. The molecule has 0 bridgehead atoms. The highest BCUT2D eigenvalue weighted by atomic mass is 16.5. The first-order valence-corrected chi connectivity index (χ1v) is 9.44. The van der Waals surface area contributed by atoms with Gasteiger partial charge in [0.2, 0.25) is 5.91 Å². The number of rotatable bonds is 7. The lowest BCUT2D eigenvalue weighted by molar-refractivity contribution is -0.117. The Hall–Kier alpha value is -1.89. The summed E-state index contributed by atoms with van der Waals surface area (Å²) in [4.78, 5) is 25.5. The molecule has 1 fully saturated rings. The van der Waals surface area contributed by atoms with Gasteiger partial charge in [0.15, 0.2) is 0 Å². The molecule has 2 aliphatic heterocycles. The number of piperidine rings is 1. The molecule has 25 heavy (non-hydrogen) atoms. The Morgan fingerprint density at radius 2 is 2.00 bits per heavy atom. The molecule has 0 radical (unpaired) electrons. The molecule has 1 saturated heterocycles. The Morgan fingerprint density at radius 1 is 1.24 bits per heavy atom. The van der Waals surface area contributed by atoms with Crippen molar-refractivity contribution < 1.29 is 9.53 Å². The van der Waals surface area contributed by atoms with Gasteiger partial charge >= 0.3 is 6.01 Å². The van der Waals surface area contributed by atoms with Crippen molar-refractivity contribution in [2.45, 2.75) is 46.0 Å². The van der Waals surface area contributed by atoms with E-state index < -0.39 is 0 Å². The fourth-order valence-corrected chi connectivity index (χ4v) is 3.53. The summed E-state index contributed by atoms with van der Waals surface area (Å²) in [7, 11) is 0. The predicted octanol–water partition coefficient (Wildman–Crippen LogP) is 1.86. The van der Waals surface area contributed by atoms with Crippen LogP contribution in [0.3, 0.4) is 0 Å². The third-order valence-corrected chi connectivity index (χ3v) is 5.21. The number of fused-ring (bicyclic) bond motifs is 1. The largest absolute Gasteiger partial charge is 0.463 e. The maximum Gasteiger partial charge on any atom is 0.320 e. The molecule has 0 aromatic carbocycles. The fraction of sp³-hybridized carbons (Fsp3) is 0.722. The molecule has 2 N–H and O–H groups in total. The van der Waals surface area contributed by atoms with Gasteiger partial charge in [0, 0.05) is 12.1 Å². The summed E-state index contributed by atoms with van der Waals surface area (Å²) in [6.07, 6.45) is 4.52. The molecule has 2 aliphatic rings. The Morgan fingerprint density at radius 3 is 2.68 bits per heavy atom. The minimum absolute atomic E-state index is 0.0691. The smallest absolute Gasteiger partial charge is 0.320 e. The number of carbonyl (C=O) groups is 1. The van der Waals surface area contributed by atoms with Gasteiger partial charge in [-0.2, -0.15) is 9.97 Å². The lowest BCUT2D eigenvalue weighted by Crippen LogP contribution is -2.39. The topological polar surface area (TPSA) is 84.6 Å². The number of hydrogen-bond donors (Lipinski definition) is 1. The van der Waals surface area contributed by atoms with E-state index in [0.29, 0.717) is 37.1 Å². The normalized spacial score (nSPS) is 18.6. The van der Waals surface area contributed by atoms with E-state index in [4.69, 9.17) is 10.5 Å². The molecule has 0 unspecified atom stereocenters. The number of ether oxygens (including phenoxy) is 1. The summed E-state index contributed by atoms with van der Waals surface area (Å²) in [5.41, 5.74) is 6.80. The lowest BCUT2D eigenvalue weighted by Gasteiger charge is -2.33. The highest BCUT2D eigenvalue weighted by Crippen LogP contribution is 2.33. The summed E-state index contributed by atoms with van der Waals surface area (Å²) in [6, 6.07) is 0.283. The van der Waals surface area contributed by atoms with Crippen LogP contribution in [0.4, 0.5) is 11.6 Å². The van der Waals surface area contributed by atoms with Crippen LogP contribution in [0.1, 0.15) is 45.1 Å². The van der Waals surface area contributed by atoms with E-state index in [-0.39, 0.29) is 11.9 Å². The molecular weight excluding hydrogens is 318 g/mol. The lowest BCUT2D eigenvalue weighted by atomic mass is 9.96. The number of aromatic nitrogens is 2. The Bertz CT molecular complexity index is 614. The average Bonchev–Trinajstić information content (AvgIpc) is 2.93. The molecule has 3 heterocycles. The number of amides is 1. The zero-order valence-corrected chi connectivity index (χ0v) is 15.3. The Kier molecular flexibility index (Phi) is 5.73. The van der Waals surface area contributed by atoms with Gasteiger partial charge in [-0.25, -0.2) is 0 Å². The second-order valence-corrected chi connectivity index (χ2v) is 6.95. The predicted molar refractivity (Wildman–Crippen MR) is 97.7 cm³/mol. The Balaban J connectivity index is 1.71. The molecule has 0 aliphatic carbocycles. The van der Waals surface area contributed by atoms with Gasteiger partial charge < -0.3 is 15.4 Å². The zero-order chi connectivity index (χ0) is 17.8. The molecule has 1 amide bonds. The minimum Gasteiger partial charge on any atom is -0.463 e. The van der Waals surface area contributed by atoms with Crippen LogP contribution in [-0.2, 0) is 11.2 Å². The van der Waals surface area contributed by atoms with Crippen LogP contribution >= 0.6 is 0 Å². The van der Waals surface area contributed by atoms with E-state index >= 15 is 0 Å². The van der Waals surface area contributed by atoms with E-state index in [1.165, 1.54) is 0 Å². The molecule has 0 spiro atoms. The van der Waals surface area contributed by atoms with E-state index in [2.05, 4.69) is 28.7 Å². The quantitative estimate of drug-likeness (QED) is 0.758. The number of nitrogen functional groups attached to an aromatic ring is 1. The molecule has 1 aromatic rings. The summed E-state index contributed by atoms with van der Waals surface area (Å²) in [6.45, 7) is 8.89. The standard InChI is InChI=1S/C18H29N5O2/c1-3-5-10-25-18-20-16(19)14-11-15(24)23(17(14)21-18)12-13-6-8-22(4-2)9-7-13/h13H,3-12H2,1-2H3,(H2,19,20,21). The molecule has 138 valence electrons. The van der Waals surface area contributed by atoms with Crippen molar-refractivity contribution in [3.05, 3.63) is 5.56 Å². The van der Waals surface area contributed by atoms with Gasteiger partial charge in [-0.15, -0.1) is 0 Å². The fourth-order valence-electron chi connectivity index (χ4n) is 3.53. The van der Waals surface area contributed by atoms with Crippen LogP contribution < -0.4 is 15.4 Å². The van der Waals surface area contributed by atoms with Gasteiger partial charge in [0.25, 0.3) is 0 Å². The van der Waals surface area contributed by atoms with E-state index in [9.17, 15) is 4.79 Å². The molecule has 1 aromatic heterocycles. The van der Waals surface area contributed by atoms with Crippen molar-refractivity contribution in [3.63, 3.8) is 0 Å². The SMILES string of the molecule is CCCCOc1nc(N)c2c(n1)N(CC1CCN(CC)CC1)C(=O)C2. The first-order valence-electron chi connectivity index (χ1n) is 9.44. The molecule has 7 nitrogen and oxygen atoms in total. The van der Waals surface area contributed by atoms with E-state index in [1.807, 2.05) is 0 Å². The van der Waals surface area contributed by atoms with Crippen LogP contribution in [0.2, 0.25) is 0 Å². The van der Waals surface area contributed by atoms with Crippen LogP contribution in [-0.4, -0.2) is 53.6 Å². The third-order valence-electron chi connectivity index (χ3n) is 5.21. The van der Waals surface area contributed by atoms with Gasteiger partial charge in [-0.3, -0.25) is 9.69 Å². The van der Waals surface area contributed by atoms with Crippen LogP contribution in [0, 0.1) is 5.92 Å². The number of hydrogen-bond acceptors (Lipinski definition) is 6. The number of nitrogens with two attached hydrogens (primary N) is 1. The first kappa shape index (κ1) is 17.9. The maximum absolute atomic E-state index is 12.5. The second-order valence-electron chi connectivity index (χ2n) is 6.95. The van der Waals surface area contributed by atoms with Gasteiger partial charge in [-0.1, -0.05) is 20.3 Å². The monoisotopic (exact) mass is 347 g/mol. The summed E-state index contributed by atoms with van der Waals surface area (Å²) < 4.78 is 5.61. The van der Waals surface area contributed by atoms with Crippen LogP contribution in [0.15, 0.2) is 0 Å². The number of carbonyl (C=O) groups excluding carboxylic acids is 1. The summed E-state index contributed by atoms with van der Waals surface area (Å²) >= 11 is 0. The van der Waals surface area contributed by atoms with Crippen LogP contribution in [0.5, 0.6) is 6.01 Å². The van der Waals surface area contributed by atoms with Crippen molar-refractivity contribution in [1.82, 2.24) is 14.9 Å². The minimum atomic E-state index is 0.0691. The van der Waals surface area contributed by atoms with Crippen molar-refractivity contribution in [1.29, 1.82) is 0 Å². The second kappa shape index (κ2) is 7.99. The summed E-state index contributed by atoms with van der Waals surface area (Å²) in [5, 5.41) is 0. The molecular formula is C18H29N5O2. The highest BCUT2D eigenvalue weighted by molar-refractivity contribution is 6.01. The molecule has 0 atom stereocenters. The van der Waals surface area contributed by atoms with Gasteiger partial charge in [-0.05, 0) is 44.8 Å². The average molecular weight is 347 g/mol. The molecule has 7 heteroatoms. The molecule has 3 rings (SSSR count). The van der Waals surface area contributed by atoms with E-state index in [0.717, 1.165) is 50.9 Å². The van der Waals surface area contributed by atoms with Crippen molar-refractivity contribution in [3.8, 4) is 6.01 Å². The number of anilines is 2. The van der Waals surface area contributed by atoms with Crippen molar-refractivity contribution in [2.24, 2.45) is 5.92 Å². The van der Waals surface area contributed by atoms with Crippen molar-refractivity contribution >= 4 is 17.5 Å². The maximum atomic E-state index is 12.5. The van der Waals surface area contributed by atoms with Gasteiger partial charge in [0.05, 0.1) is 13.0 Å². The number of unbranched alkanes of at least 4 members (excludes halogenated alkanes) is 1. The Labute approximate surface area is 149 Å². The van der Waals surface area contributed by atoms with Crippen LogP contribution in [0.25, 0.3) is 0 Å². The zero-order valence-electron chi connectivity index (χ0n) is 15.3. The highest BCUT2D eigenvalue weighted by Gasteiger charge is 2.34. The number of likely N-dealkylation sites (tertiary alicyclic amines) is 1. The van der Waals surface area contributed by atoms with Gasteiger partial charge in [0.1, 0.15) is 11.6 Å². The van der Waals surface area contributed by atoms with E-state index in [1.54, 1.807) is 4.90 Å². The third kappa shape index (κ3) is 4.03. The number of nitrogens with zero attached hydrogens (tertiary/aromatic N) is 4. The van der Waals surface area contributed by atoms with Crippen molar-refractivity contribution in [2.75, 3.05) is 43.4 Å².